The number of benzene rings is 1. The van der Waals surface area contributed by atoms with Crippen LogP contribution in [0.2, 0.25) is 0 Å². The molecule has 1 N–H and O–H groups in total. The van der Waals surface area contributed by atoms with Crippen LogP contribution >= 0.6 is 0 Å². The number of nitriles is 1. The third-order valence-electron chi connectivity index (χ3n) is 2.90. The van der Waals surface area contributed by atoms with Gasteiger partial charge in [-0.2, -0.15) is 5.26 Å². The summed E-state index contributed by atoms with van der Waals surface area (Å²) in [5, 5.41) is 12.1. The number of nitrogens with one attached hydrogen (secondary N) is 1. The predicted octanol–water partition coefficient (Wildman–Crippen LogP) is 1.45. The highest BCUT2D eigenvalue weighted by atomic mass is 16.5. The average molecular weight is 232 g/mol. The summed E-state index contributed by atoms with van der Waals surface area (Å²) >= 11 is 0. The lowest BCUT2D eigenvalue weighted by Crippen LogP contribution is -2.16. The lowest BCUT2D eigenvalue weighted by molar-refractivity contribution is 0.0530. The van der Waals surface area contributed by atoms with Crippen LogP contribution in [0.25, 0.3) is 0 Å². The third-order valence-corrected chi connectivity index (χ3v) is 2.90. The Bertz CT molecular complexity index is 420. The van der Waals surface area contributed by atoms with E-state index >= 15 is 0 Å². The molecule has 1 saturated heterocycles. The van der Waals surface area contributed by atoms with Crippen LogP contribution in [-0.4, -0.2) is 26.3 Å². The molecule has 4 nitrogen and oxygen atoms in total. The van der Waals surface area contributed by atoms with E-state index in [1.807, 2.05) is 12.1 Å². The first-order chi connectivity index (χ1) is 8.33. The molecule has 90 valence electrons. The maximum Gasteiger partial charge on any atom is 0.124 e. The molecule has 17 heavy (non-hydrogen) atoms. The fourth-order valence-electron chi connectivity index (χ4n) is 1.94. The molecule has 0 radical (unpaired) electrons. The van der Waals surface area contributed by atoms with E-state index in [1.54, 1.807) is 13.2 Å². The highest BCUT2D eigenvalue weighted by molar-refractivity contribution is 5.41. The van der Waals surface area contributed by atoms with Crippen molar-refractivity contribution < 1.29 is 9.47 Å². The minimum atomic E-state index is 0.269. The molecule has 1 unspecified atom stereocenters. The maximum atomic E-state index is 8.86. The van der Waals surface area contributed by atoms with Gasteiger partial charge in [0.1, 0.15) is 5.75 Å². The summed E-state index contributed by atoms with van der Waals surface area (Å²) in [7, 11) is 1.63. The summed E-state index contributed by atoms with van der Waals surface area (Å²) in [5.41, 5.74) is 1.56. The zero-order chi connectivity index (χ0) is 12.1. The fraction of sp³-hybridized carbons (Fsp3) is 0.462. The first kappa shape index (κ1) is 11.9. The number of hydrogen-bond donors (Lipinski definition) is 1. The van der Waals surface area contributed by atoms with Crippen LogP contribution in [0.1, 0.15) is 17.5 Å². The molecular weight excluding hydrogens is 216 g/mol. The van der Waals surface area contributed by atoms with Crippen molar-refractivity contribution in [1.29, 1.82) is 5.26 Å². The molecule has 0 spiro atoms. The van der Waals surface area contributed by atoms with Crippen LogP contribution in [0.15, 0.2) is 18.2 Å². The third kappa shape index (κ3) is 2.96. The quantitative estimate of drug-likeness (QED) is 0.853. The zero-order valence-electron chi connectivity index (χ0n) is 9.90. The standard InChI is InChI=1S/C13H16N2O2/c1-16-13-3-2-10(7-14)6-11(13)9-17-12-4-5-15-8-12/h2-3,6,12,15H,4-5,8-9H2,1H3. The molecule has 0 bridgehead atoms. The van der Waals surface area contributed by atoms with Crippen molar-refractivity contribution in [3.8, 4) is 11.8 Å². The van der Waals surface area contributed by atoms with Crippen molar-refractivity contribution in [2.45, 2.75) is 19.1 Å². The van der Waals surface area contributed by atoms with E-state index in [-0.39, 0.29) is 6.10 Å². The van der Waals surface area contributed by atoms with Gasteiger partial charge in [-0.25, -0.2) is 0 Å². The van der Waals surface area contributed by atoms with Gasteiger partial charge in [0.05, 0.1) is 31.5 Å². The molecule has 1 atom stereocenters. The van der Waals surface area contributed by atoms with E-state index in [9.17, 15) is 0 Å². The zero-order valence-corrected chi connectivity index (χ0v) is 9.90. The van der Waals surface area contributed by atoms with Crippen molar-refractivity contribution in [2.24, 2.45) is 0 Å². The Morgan fingerprint density at radius 3 is 3.06 bits per heavy atom. The molecule has 1 heterocycles. The summed E-state index contributed by atoms with van der Waals surface area (Å²) in [6, 6.07) is 7.50. The van der Waals surface area contributed by atoms with Crippen molar-refractivity contribution >= 4 is 0 Å². The van der Waals surface area contributed by atoms with E-state index in [0.29, 0.717) is 12.2 Å². The van der Waals surface area contributed by atoms with Crippen LogP contribution in [0, 0.1) is 11.3 Å². The van der Waals surface area contributed by atoms with Crippen molar-refractivity contribution in [3.63, 3.8) is 0 Å². The van der Waals surface area contributed by atoms with E-state index in [2.05, 4.69) is 11.4 Å². The smallest absolute Gasteiger partial charge is 0.124 e. The largest absolute Gasteiger partial charge is 0.496 e. The maximum absolute atomic E-state index is 8.86. The van der Waals surface area contributed by atoms with Gasteiger partial charge in [0.25, 0.3) is 0 Å². The van der Waals surface area contributed by atoms with E-state index in [1.165, 1.54) is 0 Å². The van der Waals surface area contributed by atoms with Gasteiger partial charge < -0.3 is 14.8 Å². The second kappa shape index (κ2) is 5.67. The Morgan fingerprint density at radius 1 is 1.53 bits per heavy atom. The van der Waals surface area contributed by atoms with Crippen LogP contribution in [0.5, 0.6) is 5.75 Å². The van der Waals surface area contributed by atoms with Crippen LogP contribution in [-0.2, 0) is 11.3 Å². The van der Waals surface area contributed by atoms with Gasteiger partial charge in [0.15, 0.2) is 0 Å². The molecule has 0 amide bonds. The Kier molecular flexibility index (Phi) is 3.97. The Labute approximate surface area is 101 Å². The monoisotopic (exact) mass is 232 g/mol. The molecule has 1 aliphatic rings. The van der Waals surface area contributed by atoms with Crippen molar-refractivity contribution in [2.75, 3.05) is 20.2 Å². The number of rotatable bonds is 4. The minimum Gasteiger partial charge on any atom is -0.496 e. The van der Waals surface area contributed by atoms with Crippen LogP contribution < -0.4 is 10.1 Å². The van der Waals surface area contributed by atoms with Gasteiger partial charge in [-0.3, -0.25) is 0 Å². The predicted molar refractivity (Wildman–Crippen MR) is 63.8 cm³/mol. The molecule has 0 aromatic heterocycles. The molecule has 2 rings (SSSR count). The summed E-state index contributed by atoms with van der Waals surface area (Å²) in [4.78, 5) is 0. The highest BCUT2D eigenvalue weighted by Gasteiger charge is 2.15. The van der Waals surface area contributed by atoms with Gasteiger partial charge >= 0.3 is 0 Å². The Hall–Kier alpha value is -1.57. The number of methoxy groups -OCH3 is 1. The Morgan fingerprint density at radius 2 is 2.41 bits per heavy atom. The number of hydrogen-bond acceptors (Lipinski definition) is 4. The summed E-state index contributed by atoms with van der Waals surface area (Å²) in [6.07, 6.45) is 1.31. The Balaban J connectivity index is 2.04. The normalized spacial score (nSPS) is 18.9. The first-order valence-electron chi connectivity index (χ1n) is 5.73. The highest BCUT2D eigenvalue weighted by Crippen LogP contribution is 2.21. The van der Waals surface area contributed by atoms with Crippen molar-refractivity contribution in [3.05, 3.63) is 29.3 Å². The summed E-state index contributed by atoms with van der Waals surface area (Å²) < 4.78 is 11.0. The van der Waals surface area contributed by atoms with Crippen LogP contribution in [0.4, 0.5) is 0 Å². The van der Waals surface area contributed by atoms with E-state index in [4.69, 9.17) is 14.7 Å². The fourth-order valence-corrected chi connectivity index (χ4v) is 1.94. The molecule has 0 aliphatic carbocycles. The molecule has 1 fully saturated rings. The number of ether oxygens (including phenoxy) is 2. The van der Waals surface area contributed by atoms with Crippen LogP contribution in [0.3, 0.4) is 0 Å². The second-order valence-electron chi connectivity index (χ2n) is 4.06. The molecule has 4 heteroatoms. The first-order valence-corrected chi connectivity index (χ1v) is 5.73. The molecular formula is C13H16N2O2. The summed E-state index contributed by atoms with van der Waals surface area (Å²) in [5.74, 6) is 0.773. The van der Waals surface area contributed by atoms with Gasteiger partial charge in [-0.1, -0.05) is 0 Å². The topological polar surface area (TPSA) is 54.3 Å². The average Bonchev–Trinajstić information content (AvgIpc) is 2.89. The van der Waals surface area contributed by atoms with Gasteiger partial charge in [-0.15, -0.1) is 0 Å². The lowest BCUT2D eigenvalue weighted by atomic mass is 10.1. The van der Waals surface area contributed by atoms with Gasteiger partial charge in [0.2, 0.25) is 0 Å². The molecule has 0 saturated carbocycles. The van der Waals surface area contributed by atoms with Gasteiger partial charge in [0, 0.05) is 12.1 Å². The summed E-state index contributed by atoms with van der Waals surface area (Å²) in [6.45, 7) is 2.41. The SMILES string of the molecule is COc1ccc(C#N)cc1COC1CCNC1. The lowest BCUT2D eigenvalue weighted by Gasteiger charge is -2.13. The van der Waals surface area contributed by atoms with Crippen molar-refractivity contribution in [1.82, 2.24) is 5.32 Å². The van der Waals surface area contributed by atoms with E-state index in [0.717, 1.165) is 30.8 Å². The van der Waals surface area contributed by atoms with E-state index < -0.39 is 0 Å². The molecule has 1 aromatic rings. The molecule has 1 aliphatic heterocycles. The van der Waals surface area contributed by atoms with Gasteiger partial charge in [-0.05, 0) is 31.2 Å². The number of nitrogens with zero attached hydrogens (tertiary/aromatic N) is 1. The minimum absolute atomic E-state index is 0.269. The molecule has 1 aromatic carbocycles. The second-order valence-corrected chi connectivity index (χ2v) is 4.06.